The zero-order chi connectivity index (χ0) is 8.81. The predicted octanol–water partition coefficient (Wildman–Crippen LogP) is 0.213. The summed E-state index contributed by atoms with van der Waals surface area (Å²) in [7, 11) is 0. The lowest BCUT2D eigenvalue weighted by molar-refractivity contribution is -0.108. The maximum absolute atomic E-state index is 10.3. The number of likely N-dealkylation sites (N-methyl/N-ethyl adjacent to an activating group) is 1. The number of hydrogen-bond acceptors (Lipinski definition) is 3. The molecule has 0 saturated carbocycles. The molecule has 0 atom stereocenters. The summed E-state index contributed by atoms with van der Waals surface area (Å²) in [6, 6.07) is 0. The van der Waals surface area contributed by atoms with Crippen LogP contribution in [0.1, 0.15) is 13.3 Å². The van der Waals surface area contributed by atoms with Crippen LogP contribution in [-0.4, -0.2) is 55.4 Å². The Kier molecular flexibility index (Phi) is 4.25. The van der Waals surface area contributed by atoms with Gasteiger partial charge >= 0.3 is 0 Å². The van der Waals surface area contributed by atoms with Crippen molar-refractivity contribution in [2.75, 3.05) is 39.3 Å². The van der Waals surface area contributed by atoms with Crippen molar-refractivity contribution in [2.24, 2.45) is 0 Å². The van der Waals surface area contributed by atoms with Gasteiger partial charge in [0.05, 0.1) is 6.54 Å². The first-order valence-electron chi connectivity index (χ1n) is 4.75. The maximum atomic E-state index is 10.3. The fraction of sp³-hybridized carbons (Fsp3) is 0.889. The Balaban J connectivity index is 2.28. The lowest BCUT2D eigenvalue weighted by Gasteiger charge is -2.18. The third-order valence-corrected chi connectivity index (χ3v) is 2.46. The van der Waals surface area contributed by atoms with E-state index in [1.807, 2.05) is 0 Å². The standard InChI is InChI=1S/C9H18N2O/c1-2-10-4-3-5-11(7-6-10)8-9-12/h9H,2-8H2,1H3. The summed E-state index contributed by atoms with van der Waals surface area (Å²) in [5, 5.41) is 0. The van der Waals surface area contributed by atoms with Crippen molar-refractivity contribution in [3.63, 3.8) is 0 Å². The fourth-order valence-electron chi connectivity index (χ4n) is 1.63. The van der Waals surface area contributed by atoms with Crippen molar-refractivity contribution in [3.8, 4) is 0 Å². The molecule has 0 aromatic rings. The van der Waals surface area contributed by atoms with Crippen LogP contribution in [-0.2, 0) is 4.79 Å². The van der Waals surface area contributed by atoms with Crippen molar-refractivity contribution in [3.05, 3.63) is 0 Å². The van der Waals surface area contributed by atoms with E-state index in [0.717, 1.165) is 32.5 Å². The van der Waals surface area contributed by atoms with Gasteiger partial charge in [-0.15, -0.1) is 0 Å². The van der Waals surface area contributed by atoms with Gasteiger partial charge in [-0.3, -0.25) is 4.90 Å². The molecule has 1 saturated heterocycles. The lowest BCUT2D eigenvalue weighted by Crippen LogP contribution is -2.31. The molecule has 0 aromatic heterocycles. The number of rotatable bonds is 3. The van der Waals surface area contributed by atoms with Gasteiger partial charge in [0.15, 0.2) is 0 Å². The summed E-state index contributed by atoms with van der Waals surface area (Å²) in [4.78, 5) is 14.9. The average molecular weight is 170 g/mol. The monoisotopic (exact) mass is 170 g/mol. The van der Waals surface area contributed by atoms with Crippen LogP contribution in [0.3, 0.4) is 0 Å². The van der Waals surface area contributed by atoms with E-state index in [-0.39, 0.29) is 0 Å². The minimum absolute atomic E-state index is 0.609. The number of carbonyl (C=O) groups is 1. The zero-order valence-corrected chi connectivity index (χ0v) is 7.83. The molecule has 0 bridgehead atoms. The van der Waals surface area contributed by atoms with Crippen molar-refractivity contribution in [2.45, 2.75) is 13.3 Å². The van der Waals surface area contributed by atoms with E-state index in [9.17, 15) is 4.79 Å². The van der Waals surface area contributed by atoms with Crippen LogP contribution in [0, 0.1) is 0 Å². The Hall–Kier alpha value is -0.410. The molecule has 70 valence electrons. The summed E-state index contributed by atoms with van der Waals surface area (Å²) in [5.74, 6) is 0. The first-order chi connectivity index (χ1) is 5.86. The van der Waals surface area contributed by atoms with Gasteiger partial charge < -0.3 is 9.69 Å². The molecular formula is C9H18N2O. The lowest BCUT2D eigenvalue weighted by atomic mass is 10.4. The highest BCUT2D eigenvalue weighted by atomic mass is 16.1. The summed E-state index contributed by atoms with van der Waals surface area (Å²) in [5.41, 5.74) is 0. The molecule has 0 N–H and O–H groups in total. The molecule has 0 unspecified atom stereocenters. The molecule has 0 aliphatic carbocycles. The predicted molar refractivity (Wildman–Crippen MR) is 49.2 cm³/mol. The normalized spacial score (nSPS) is 22.1. The van der Waals surface area contributed by atoms with Crippen LogP contribution in [0.5, 0.6) is 0 Å². The first kappa shape index (κ1) is 9.68. The quantitative estimate of drug-likeness (QED) is 0.566. The molecule has 1 aliphatic heterocycles. The van der Waals surface area contributed by atoms with Crippen molar-refractivity contribution >= 4 is 6.29 Å². The summed E-state index contributed by atoms with van der Waals surface area (Å²) in [6.07, 6.45) is 2.20. The molecule has 0 aromatic carbocycles. The molecule has 0 radical (unpaired) electrons. The van der Waals surface area contributed by atoms with Gasteiger partial charge in [0.1, 0.15) is 6.29 Å². The van der Waals surface area contributed by atoms with Gasteiger partial charge in [-0.1, -0.05) is 6.92 Å². The second kappa shape index (κ2) is 5.27. The van der Waals surface area contributed by atoms with Crippen LogP contribution in [0.25, 0.3) is 0 Å². The first-order valence-corrected chi connectivity index (χ1v) is 4.75. The minimum Gasteiger partial charge on any atom is -0.302 e. The summed E-state index contributed by atoms with van der Waals surface area (Å²) >= 11 is 0. The second-order valence-corrected chi connectivity index (χ2v) is 3.26. The van der Waals surface area contributed by atoms with E-state index in [0.29, 0.717) is 6.54 Å². The van der Waals surface area contributed by atoms with Gasteiger partial charge in [-0.05, 0) is 26.1 Å². The third kappa shape index (κ3) is 2.91. The fourth-order valence-corrected chi connectivity index (χ4v) is 1.63. The van der Waals surface area contributed by atoms with Crippen LogP contribution < -0.4 is 0 Å². The Labute approximate surface area is 74.3 Å². The van der Waals surface area contributed by atoms with Crippen LogP contribution >= 0.6 is 0 Å². The highest BCUT2D eigenvalue weighted by molar-refractivity contribution is 5.51. The Morgan fingerprint density at radius 1 is 1.17 bits per heavy atom. The Bertz CT molecular complexity index is 138. The molecule has 3 heteroatoms. The third-order valence-electron chi connectivity index (χ3n) is 2.46. The van der Waals surface area contributed by atoms with Crippen LogP contribution in [0.2, 0.25) is 0 Å². The van der Waals surface area contributed by atoms with E-state index < -0.39 is 0 Å². The molecule has 12 heavy (non-hydrogen) atoms. The van der Waals surface area contributed by atoms with E-state index in [2.05, 4.69) is 16.7 Å². The number of hydrogen-bond donors (Lipinski definition) is 0. The van der Waals surface area contributed by atoms with Crippen LogP contribution in [0.4, 0.5) is 0 Å². The molecule has 1 rings (SSSR count). The van der Waals surface area contributed by atoms with Gasteiger partial charge in [0.25, 0.3) is 0 Å². The number of nitrogens with zero attached hydrogens (tertiary/aromatic N) is 2. The SMILES string of the molecule is CCN1CCCN(CC=O)CC1. The van der Waals surface area contributed by atoms with Gasteiger partial charge in [0.2, 0.25) is 0 Å². The zero-order valence-electron chi connectivity index (χ0n) is 7.83. The van der Waals surface area contributed by atoms with E-state index >= 15 is 0 Å². The van der Waals surface area contributed by atoms with Crippen molar-refractivity contribution in [1.29, 1.82) is 0 Å². The van der Waals surface area contributed by atoms with E-state index in [1.165, 1.54) is 13.0 Å². The Morgan fingerprint density at radius 3 is 2.50 bits per heavy atom. The average Bonchev–Trinajstić information content (AvgIpc) is 2.31. The highest BCUT2D eigenvalue weighted by Gasteiger charge is 2.11. The van der Waals surface area contributed by atoms with E-state index in [1.54, 1.807) is 0 Å². The van der Waals surface area contributed by atoms with Crippen LogP contribution in [0.15, 0.2) is 0 Å². The van der Waals surface area contributed by atoms with E-state index in [4.69, 9.17) is 0 Å². The smallest absolute Gasteiger partial charge is 0.133 e. The molecule has 0 spiro atoms. The number of aldehydes is 1. The molecule has 3 nitrogen and oxygen atoms in total. The second-order valence-electron chi connectivity index (χ2n) is 3.26. The Morgan fingerprint density at radius 2 is 1.83 bits per heavy atom. The molecule has 1 heterocycles. The summed E-state index contributed by atoms with van der Waals surface area (Å²) in [6.45, 7) is 8.36. The highest BCUT2D eigenvalue weighted by Crippen LogP contribution is 2.00. The molecule has 1 aliphatic rings. The maximum Gasteiger partial charge on any atom is 0.133 e. The minimum atomic E-state index is 0.609. The molecule has 1 fully saturated rings. The largest absolute Gasteiger partial charge is 0.302 e. The van der Waals surface area contributed by atoms with Crippen molar-refractivity contribution < 1.29 is 4.79 Å². The molecule has 0 amide bonds. The number of carbonyl (C=O) groups excluding carboxylic acids is 1. The molecular weight excluding hydrogens is 152 g/mol. The summed E-state index contributed by atoms with van der Waals surface area (Å²) < 4.78 is 0. The van der Waals surface area contributed by atoms with Gasteiger partial charge in [-0.25, -0.2) is 0 Å². The topological polar surface area (TPSA) is 23.6 Å². The van der Waals surface area contributed by atoms with Crippen molar-refractivity contribution in [1.82, 2.24) is 9.80 Å². The van der Waals surface area contributed by atoms with Gasteiger partial charge in [0, 0.05) is 13.1 Å². The van der Waals surface area contributed by atoms with Gasteiger partial charge in [-0.2, -0.15) is 0 Å².